The van der Waals surface area contributed by atoms with Crippen LogP contribution < -0.4 is 10.6 Å². The SMILES string of the molecule is O=C(Nc1ccc(C#Cc2ccc(NC(=O)[C@@H]3CCCN3C(=O)[C@@H](c3ccccc3)N3CCCC3)cc2)cc1)[C@@H]1CCCN1C(=O)[C@@H](c1ccccc1)N1CCCC1. The second kappa shape index (κ2) is 18.2. The third-order valence-electron chi connectivity index (χ3n) is 12.0. The topological polar surface area (TPSA) is 105 Å². The highest BCUT2D eigenvalue weighted by atomic mass is 16.2. The summed E-state index contributed by atoms with van der Waals surface area (Å²) < 4.78 is 0. The number of amides is 4. The van der Waals surface area contributed by atoms with Crippen LogP contribution >= 0.6 is 0 Å². The summed E-state index contributed by atoms with van der Waals surface area (Å²) in [6.45, 7) is 4.68. The number of benzene rings is 4. The molecule has 0 aromatic heterocycles. The summed E-state index contributed by atoms with van der Waals surface area (Å²) in [5.74, 6) is 6.04. The van der Waals surface area contributed by atoms with Crippen LogP contribution in [0.1, 0.15) is 85.7 Å². The molecule has 4 fully saturated rings. The van der Waals surface area contributed by atoms with Crippen molar-refractivity contribution in [3.05, 3.63) is 131 Å². The molecule has 4 aromatic rings. The highest BCUT2D eigenvalue weighted by Gasteiger charge is 2.42. The highest BCUT2D eigenvalue weighted by Crippen LogP contribution is 2.32. The number of nitrogens with one attached hydrogen (secondary N) is 2. The van der Waals surface area contributed by atoms with Crippen molar-refractivity contribution in [2.45, 2.75) is 75.5 Å². The molecule has 10 heteroatoms. The Morgan fingerprint density at radius 2 is 0.828 bits per heavy atom. The normalized spacial score (nSPS) is 20.6. The molecule has 298 valence electrons. The second-order valence-corrected chi connectivity index (χ2v) is 15.9. The van der Waals surface area contributed by atoms with Gasteiger partial charge in [0.25, 0.3) is 0 Å². The van der Waals surface area contributed by atoms with Gasteiger partial charge >= 0.3 is 0 Å². The third kappa shape index (κ3) is 8.86. The molecule has 58 heavy (non-hydrogen) atoms. The van der Waals surface area contributed by atoms with Gasteiger partial charge in [-0.05, 0) is 137 Å². The zero-order valence-corrected chi connectivity index (χ0v) is 33.0. The fraction of sp³-hybridized carbons (Fsp3) is 0.375. The minimum atomic E-state index is -0.514. The van der Waals surface area contributed by atoms with Crippen molar-refractivity contribution in [1.82, 2.24) is 19.6 Å². The fourth-order valence-corrected chi connectivity index (χ4v) is 9.08. The molecule has 0 spiro atoms. The first-order valence-corrected chi connectivity index (χ1v) is 21.0. The van der Waals surface area contributed by atoms with Crippen LogP contribution in [0.25, 0.3) is 0 Å². The van der Waals surface area contributed by atoms with Gasteiger partial charge in [0, 0.05) is 35.6 Å². The molecule has 4 amide bonds. The Hall–Kier alpha value is -5.76. The minimum absolute atomic E-state index is 0.00392. The summed E-state index contributed by atoms with van der Waals surface area (Å²) in [5.41, 5.74) is 4.85. The Bertz CT molecular complexity index is 1970. The van der Waals surface area contributed by atoms with Crippen LogP contribution in [-0.4, -0.2) is 94.6 Å². The number of carbonyl (C=O) groups is 4. The smallest absolute Gasteiger partial charge is 0.247 e. The van der Waals surface area contributed by atoms with Gasteiger partial charge in [-0.25, -0.2) is 0 Å². The van der Waals surface area contributed by atoms with Gasteiger partial charge < -0.3 is 20.4 Å². The molecule has 0 radical (unpaired) electrons. The summed E-state index contributed by atoms with van der Waals surface area (Å²) in [7, 11) is 0. The lowest BCUT2D eigenvalue weighted by atomic mass is 10.0. The van der Waals surface area contributed by atoms with Crippen LogP contribution in [0.5, 0.6) is 0 Å². The average molecular weight is 777 g/mol. The fourth-order valence-electron chi connectivity index (χ4n) is 9.08. The zero-order chi connectivity index (χ0) is 39.8. The van der Waals surface area contributed by atoms with Crippen LogP contribution in [0.2, 0.25) is 0 Å². The van der Waals surface area contributed by atoms with Gasteiger partial charge in [-0.1, -0.05) is 72.5 Å². The van der Waals surface area contributed by atoms with Gasteiger partial charge in [0.05, 0.1) is 0 Å². The molecule has 4 aromatic carbocycles. The number of carbonyl (C=O) groups excluding carboxylic acids is 4. The standard InChI is InChI=1S/C48H52N6O4/c55-45(41-17-11-33-53(41)47(57)43(51-29-7-8-30-51)37-13-3-1-4-14-37)49-39-25-21-35(22-26-39)19-20-36-23-27-40(28-24-36)50-46(56)42-18-12-34-54(42)48(58)44(52-31-9-10-32-52)38-15-5-2-6-16-38/h1-6,13-16,21-28,41-44H,7-12,17-18,29-34H2,(H,49,55)(H,50,56)/t41-,42-,43+,44+/m0/s1. The van der Waals surface area contributed by atoms with Crippen molar-refractivity contribution in [1.29, 1.82) is 0 Å². The van der Waals surface area contributed by atoms with E-state index in [0.29, 0.717) is 37.3 Å². The van der Waals surface area contributed by atoms with Crippen molar-refractivity contribution < 1.29 is 19.2 Å². The molecule has 0 aliphatic carbocycles. The summed E-state index contributed by atoms with van der Waals surface area (Å²) >= 11 is 0. The van der Waals surface area contributed by atoms with Crippen LogP contribution in [0.15, 0.2) is 109 Å². The Kier molecular flexibility index (Phi) is 12.3. The Morgan fingerprint density at radius 1 is 0.466 bits per heavy atom. The average Bonchev–Trinajstić information content (AvgIpc) is 4.11. The minimum Gasteiger partial charge on any atom is -0.329 e. The predicted octanol–water partition coefficient (Wildman–Crippen LogP) is 6.62. The largest absolute Gasteiger partial charge is 0.329 e. The molecule has 2 N–H and O–H groups in total. The van der Waals surface area contributed by atoms with Gasteiger partial charge in [0.15, 0.2) is 0 Å². The zero-order valence-electron chi connectivity index (χ0n) is 33.0. The summed E-state index contributed by atoms with van der Waals surface area (Å²) in [4.78, 5) is 63.3. The summed E-state index contributed by atoms with van der Waals surface area (Å²) in [6.07, 6.45) is 7.17. The number of hydrogen-bond donors (Lipinski definition) is 2. The van der Waals surface area contributed by atoms with Crippen molar-refractivity contribution in [2.24, 2.45) is 0 Å². The molecule has 4 saturated heterocycles. The van der Waals surface area contributed by atoms with Crippen LogP contribution in [-0.2, 0) is 19.2 Å². The molecule has 0 bridgehead atoms. The van der Waals surface area contributed by atoms with Crippen molar-refractivity contribution >= 4 is 35.0 Å². The van der Waals surface area contributed by atoms with Crippen LogP contribution in [0.3, 0.4) is 0 Å². The van der Waals surface area contributed by atoms with E-state index >= 15 is 0 Å². The van der Waals surface area contributed by atoms with E-state index in [1.165, 1.54) is 0 Å². The molecule has 4 aliphatic heterocycles. The van der Waals surface area contributed by atoms with E-state index in [0.717, 1.165) is 87.0 Å². The number of likely N-dealkylation sites (tertiary alicyclic amines) is 4. The van der Waals surface area contributed by atoms with Crippen molar-refractivity contribution in [3.8, 4) is 11.8 Å². The molecule has 8 rings (SSSR count). The van der Waals surface area contributed by atoms with E-state index in [-0.39, 0.29) is 35.7 Å². The molecular formula is C48H52N6O4. The molecule has 10 nitrogen and oxygen atoms in total. The monoisotopic (exact) mass is 776 g/mol. The van der Waals surface area contributed by atoms with E-state index < -0.39 is 12.1 Å². The molecule has 4 aliphatic rings. The van der Waals surface area contributed by atoms with Crippen LogP contribution in [0.4, 0.5) is 11.4 Å². The van der Waals surface area contributed by atoms with E-state index in [1.807, 2.05) is 109 Å². The maximum atomic E-state index is 14.0. The van der Waals surface area contributed by atoms with Gasteiger partial charge in [-0.3, -0.25) is 29.0 Å². The van der Waals surface area contributed by atoms with Crippen molar-refractivity contribution in [3.63, 3.8) is 0 Å². The van der Waals surface area contributed by atoms with Gasteiger partial charge in [0.1, 0.15) is 24.2 Å². The molecular weight excluding hydrogens is 725 g/mol. The molecule has 0 unspecified atom stereocenters. The lowest BCUT2D eigenvalue weighted by Crippen LogP contribution is -2.48. The summed E-state index contributed by atoms with van der Waals surface area (Å²) in [5, 5.41) is 6.08. The van der Waals surface area contributed by atoms with E-state index in [4.69, 9.17) is 0 Å². The highest BCUT2D eigenvalue weighted by molar-refractivity contribution is 5.99. The van der Waals surface area contributed by atoms with Crippen molar-refractivity contribution in [2.75, 3.05) is 49.9 Å². The quantitative estimate of drug-likeness (QED) is 0.176. The van der Waals surface area contributed by atoms with Crippen LogP contribution in [0, 0.1) is 11.8 Å². The second-order valence-electron chi connectivity index (χ2n) is 15.9. The first kappa shape index (κ1) is 39.1. The van der Waals surface area contributed by atoms with Gasteiger partial charge in [-0.2, -0.15) is 0 Å². The number of rotatable bonds is 10. The predicted molar refractivity (Wildman–Crippen MR) is 226 cm³/mol. The van der Waals surface area contributed by atoms with Gasteiger partial charge in [0.2, 0.25) is 23.6 Å². The molecule has 4 heterocycles. The number of hydrogen-bond acceptors (Lipinski definition) is 6. The third-order valence-corrected chi connectivity index (χ3v) is 12.0. The van der Waals surface area contributed by atoms with E-state index in [9.17, 15) is 19.2 Å². The van der Waals surface area contributed by atoms with E-state index in [2.05, 4.69) is 32.3 Å². The lowest BCUT2D eigenvalue weighted by Gasteiger charge is -2.33. The molecule has 4 atom stereocenters. The van der Waals surface area contributed by atoms with E-state index in [1.54, 1.807) is 9.80 Å². The lowest BCUT2D eigenvalue weighted by molar-refractivity contribution is -0.141. The Morgan fingerprint density at radius 3 is 1.19 bits per heavy atom. The number of anilines is 2. The first-order valence-electron chi connectivity index (χ1n) is 21.0. The first-order chi connectivity index (χ1) is 28.4. The maximum absolute atomic E-state index is 14.0. The molecule has 0 saturated carbocycles. The number of nitrogens with zero attached hydrogens (tertiary/aromatic N) is 4. The Labute approximate surface area is 341 Å². The van der Waals surface area contributed by atoms with Gasteiger partial charge in [-0.15, -0.1) is 0 Å². The summed E-state index contributed by atoms with van der Waals surface area (Å²) in [6, 6.07) is 32.9. The maximum Gasteiger partial charge on any atom is 0.247 e. The Balaban J connectivity index is 0.857.